The monoisotopic (exact) mass is 444 g/mol. The van der Waals surface area contributed by atoms with Gasteiger partial charge in [0.25, 0.3) is 11.4 Å². The predicted octanol–water partition coefficient (Wildman–Crippen LogP) is 4.32. The number of pyridine rings is 2. The maximum Gasteiger partial charge on any atom is 0.278 e. The van der Waals surface area contributed by atoms with Crippen LogP contribution in [0.3, 0.4) is 0 Å². The Labute approximate surface area is 188 Å². The van der Waals surface area contributed by atoms with E-state index in [-0.39, 0.29) is 21.2 Å². The zero-order valence-corrected chi connectivity index (χ0v) is 17.6. The minimum absolute atomic E-state index is 0.0456. The Balaban J connectivity index is 1.48. The lowest BCUT2D eigenvalue weighted by Gasteiger charge is -2.26. The van der Waals surface area contributed by atoms with Crippen molar-refractivity contribution in [1.29, 1.82) is 0 Å². The van der Waals surface area contributed by atoms with E-state index in [1.54, 1.807) is 24.5 Å². The number of nitrogens with zero attached hydrogens (tertiary/aromatic N) is 6. The fraction of sp³-hybridized carbons (Fsp3) is 0.217. The van der Waals surface area contributed by atoms with Crippen molar-refractivity contribution in [1.82, 2.24) is 9.97 Å². The smallest absolute Gasteiger partial charge is 0.278 e. The SMILES string of the molecule is O=[N+]([O-])c1ccc(N2CCCN(c3ccc([N+](=O)[O-])c4cnccc34)CC2)c2ccncc12. The van der Waals surface area contributed by atoms with Gasteiger partial charge in [0.15, 0.2) is 0 Å². The van der Waals surface area contributed by atoms with Gasteiger partial charge >= 0.3 is 0 Å². The molecule has 0 amide bonds. The maximum absolute atomic E-state index is 11.4. The summed E-state index contributed by atoms with van der Waals surface area (Å²) < 4.78 is 0. The van der Waals surface area contributed by atoms with Crippen LogP contribution in [0.4, 0.5) is 22.7 Å². The number of rotatable bonds is 4. The van der Waals surface area contributed by atoms with Crippen LogP contribution in [-0.2, 0) is 0 Å². The third-order valence-electron chi connectivity index (χ3n) is 6.11. The van der Waals surface area contributed by atoms with E-state index in [0.29, 0.717) is 23.9 Å². The van der Waals surface area contributed by atoms with Gasteiger partial charge in [0, 0.05) is 85.2 Å². The van der Waals surface area contributed by atoms with Crippen molar-refractivity contribution in [2.75, 3.05) is 36.0 Å². The standard InChI is InChI=1S/C23H20N6O4/c30-28(31)22-4-2-20(16-6-8-24-14-18(16)22)26-10-1-11-27(13-12-26)21-3-5-23(29(32)33)19-15-25-9-7-17(19)21/h2-9,14-15H,1,10-13H2. The van der Waals surface area contributed by atoms with Crippen molar-refractivity contribution in [3.63, 3.8) is 0 Å². The van der Waals surface area contributed by atoms with Gasteiger partial charge in [-0.15, -0.1) is 0 Å². The number of aromatic nitrogens is 2. The van der Waals surface area contributed by atoms with E-state index in [2.05, 4.69) is 19.8 Å². The first kappa shape index (κ1) is 20.6. The van der Waals surface area contributed by atoms with Crippen molar-refractivity contribution < 1.29 is 9.85 Å². The molecular formula is C23H20N6O4. The summed E-state index contributed by atoms with van der Waals surface area (Å²) in [5.74, 6) is 0. The first-order valence-electron chi connectivity index (χ1n) is 10.6. The van der Waals surface area contributed by atoms with E-state index >= 15 is 0 Å². The van der Waals surface area contributed by atoms with Crippen molar-refractivity contribution in [3.8, 4) is 0 Å². The third kappa shape index (κ3) is 3.65. The van der Waals surface area contributed by atoms with Crippen LogP contribution < -0.4 is 9.80 Å². The minimum atomic E-state index is -0.382. The van der Waals surface area contributed by atoms with Crippen LogP contribution in [0.25, 0.3) is 21.5 Å². The predicted molar refractivity (Wildman–Crippen MR) is 126 cm³/mol. The highest BCUT2D eigenvalue weighted by Gasteiger charge is 2.23. The highest BCUT2D eigenvalue weighted by atomic mass is 16.6. The lowest BCUT2D eigenvalue weighted by atomic mass is 10.1. The van der Waals surface area contributed by atoms with E-state index in [0.717, 1.165) is 41.7 Å². The van der Waals surface area contributed by atoms with Gasteiger partial charge in [-0.2, -0.15) is 0 Å². The summed E-state index contributed by atoms with van der Waals surface area (Å²) in [5.41, 5.74) is 1.98. The summed E-state index contributed by atoms with van der Waals surface area (Å²) in [4.78, 5) is 34.7. The average Bonchev–Trinajstić information content (AvgIpc) is 3.08. The van der Waals surface area contributed by atoms with Crippen molar-refractivity contribution in [2.24, 2.45) is 0 Å². The molecule has 1 fully saturated rings. The first-order chi connectivity index (χ1) is 16.0. The summed E-state index contributed by atoms with van der Waals surface area (Å²) in [6, 6.07) is 10.3. The Hall–Kier alpha value is -4.34. The Morgan fingerprint density at radius 2 is 1.09 bits per heavy atom. The molecule has 3 heterocycles. The van der Waals surface area contributed by atoms with Crippen molar-refractivity contribution >= 4 is 44.3 Å². The van der Waals surface area contributed by atoms with Crippen molar-refractivity contribution in [2.45, 2.75) is 6.42 Å². The Morgan fingerprint density at radius 1 is 0.636 bits per heavy atom. The molecule has 1 aliphatic rings. The topological polar surface area (TPSA) is 119 Å². The second-order valence-electron chi connectivity index (χ2n) is 7.89. The Bertz CT molecular complexity index is 1290. The van der Waals surface area contributed by atoms with Gasteiger partial charge < -0.3 is 9.80 Å². The van der Waals surface area contributed by atoms with Gasteiger partial charge in [0.05, 0.1) is 20.6 Å². The number of benzene rings is 2. The van der Waals surface area contributed by atoms with Gasteiger partial charge in [0.1, 0.15) is 0 Å². The fourth-order valence-electron chi connectivity index (χ4n) is 4.59. The van der Waals surface area contributed by atoms with Gasteiger partial charge in [-0.25, -0.2) is 0 Å². The van der Waals surface area contributed by atoms with Gasteiger partial charge in [0.2, 0.25) is 0 Å². The number of hydrogen-bond donors (Lipinski definition) is 0. The van der Waals surface area contributed by atoms with Gasteiger partial charge in [-0.05, 0) is 30.7 Å². The lowest BCUT2D eigenvalue weighted by Crippen LogP contribution is -2.31. The van der Waals surface area contributed by atoms with Crippen LogP contribution in [0.1, 0.15) is 6.42 Å². The van der Waals surface area contributed by atoms with Crippen molar-refractivity contribution in [3.05, 3.63) is 81.4 Å². The molecule has 0 unspecified atom stereocenters. The fourth-order valence-corrected chi connectivity index (χ4v) is 4.59. The normalized spacial score (nSPS) is 14.4. The molecule has 0 saturated carbocycles. The molecule has 2 aromatic carbocycles. The van der Waals surface area contributed by atoms with E-state index in [1.165, 1.54) is 12.4 Å². The number of anilines is 2. The molecule has 0 atom stereocenters. The quantitative estimate of drug-likeness (QED) is 0.337. The molecule has 5 rings (SSSR count). The molecule has 1 aliphatic heterocycles. The second-order valence-corrected chi connectivity index (χ2v) is 7.89. The second kappa shape index (κ2) is 8.30. The lowest BCUT2D eigenvalue weighted by molar-refractivity contribution is -0.383. The highest BCUT2D eigenvalue weighted by Crippen LogP contribution is 2.36. The molecule has 0 bridgehead atoms. The molecular weight excluding hydrogens is 424 g/mol. The van der Waals surface area contributed by atoms with E-state index in [9.17, 15) is 20.2 Å². The van der Waals surface area contributed by atoms with Gasteiger partial charge in [-0.3, -0.25) is 30.2 Å². The van der Waals surface area contributed by atoms with E-state index in [1.807, 2.05) is 24.3 Å². The Kier molecular flexibility index (Phi) is 5.17. The van der Waals surface area contributed by atoms with Crippen LogP contribution in [-0.4, -0.2) is 46.0 Å². The number of non-ortho nitro benzene ring substituents is 2. The molecule has 4 aromatic rings. The molecule has 0 radical (unpaired) electrons. The molecule has 0 aliphatic carbocycles. The highest BCUT2D eigenvalue weighted by molar-refractivity contribution is 6.00. The molecule has 1 saturated heterocycles. The minimum Gasteiger partial charge on any atom is -0.369 e. The zero-order chi connectivity index (χ0) is 22.9. The number of fused-ring (bicyclic) bond motifs is 2. The Morgan fingerprint density at radius 3 is 1.52 bits per heavy atom. The van der Waals surface area contributed by atoms with E-state index in [4.69, 9.17) is 0 Å². The summed E-state index contributed by atoms with van der Waals surface area (Å²) in [6.07, 6.45) is 7.25. The van der Waals surface area contributed by atoms with Crippen LogP contribution in [0, 0.1) is 20.2 Å². The van der Waals surface area contributed by atoms with Crippen LogP contribution in [0.2, 0.25) is 0 Å². The molecule has 0 N–H and O–H groups in total. The molecule has 10 heteroatoms. The van der Waals surface area contributed by atoms with Crippen LogP contribution in [0.15, 0.2) is 61.2 Å². The summed E-state index contributed by atoms with van der Waals surface area (Å²) in [7, 11) is 0. The molecule has 166 valence electrons. The number of nitro benzene ring substituents is 2. The summed E-state index contributed by atoms with van der Waals surface area (Å²) in [6.45, 7) is 2.99. The molecule has 0 spiro atoms. The zero-order valence-electron chi connectivity index (χ0n) is 17.6. The largest absolute Gasteiger partial charge is 0.369 e. The van der Waals surface area contributed by atoms with Crippen LogP contribution in [0.5, 0.6) is 0 Å². The maximum atomic E-state index is 11.4. The summed E-state index contributed by atoms with van der Waals surface area (Å²) >= 11 is 0. The molecule has 33 heavy (non-hydrogen) atoms. The van der Waals surface area contributed by atoms with Gasteiger partial charge in [-0.1, -0.05) is 0 Å². The molecule has 10 nitrogen and oxygen atoms in total. The molecule has 2 aromatic heterocycles. The van der Waals surface area contributed by atoms with Crippen LogP contribution >= 0.6 is 0 Å². The third-order valence-corrected chi connectivity index (χ3v) is 6.11. The number of nitro groups is 2. The number of hydrogen-bond acceptors (Lipinski definition) is 8. The summed E-state index contributed by atoms with van der Waals surface area (Å²) in [5, 5.41) is 25.5. The van der Waals surface area contributed by atoms with E-state index < -0.39 is 0 Å². The first-order valence-corrected chi connectivity index (χ1v) is 10.6. The average molecular weight is 444 g/mol.